The van der Waals surface area contributed by atoms with Crippen molar-refractivity contribution in [2.75, 3.05) is 5.32 Å². The number of carbonyl (C=O) groups excluding carboxylic acids is 1. The van der Waals surface area contributed by atoms with Crippen LogP contribution in [0.2, 0.25) is 0 Å². The number of rotatable bonds is 5. The first-order valence-corrected chi connectivity index (χ1v) is 6.54. The van der Waals surface area contributed by atoms with Crippen molar-refractivity contribution < 1.29 is 19.6 Å². The highest BCUT2D eigenvalue weighted by Crippen LogP contribution is 2.32. The van der Waals surface area contributed by atoms with E-state index in [2.05, 4.69) is 10.4 Å². The summed E-state index contributed by atoms with van der Waals surface area (Å²) in [4.78, 5) is 42.6. The molecular formula is C12H10N6O7. The van der Waals surface area contributed by atoms with Crippen LogP contribution in [0.15, 0.2) is 18.3 Å². The van der Waals surface area contributed by atoms with Crippen molar-refractivity contribution in [1.82, 2.24) is 9.78 Å². The molecule has 1 amide bonds. The average Bonchev–Trinajstić information content (AvgIpc) is 2.90. The van der Waals surface area contributed by atoms with Gasteiger partial charge in [-0.15, -0.1) is 0 Å². The first-order valence-electron chi connectivity index (χ1n) is 6.54. The van der Waals surface area contributed by atoms with Crippen molar-refractivity contribution in [3.05, 3.63) is 59.9 Å². The van der Waals surface area contributed by atoms with Gasteiger partial charge in [0.2, 0.25) is 5.69 Å². The Morgan fingerprint density at radius 3 is 1.96 bits per heavy atom. The summed E-state index contributed by atoms with van der Waals surface area (Å²) in [5.74, 6) is -1.03. The van der Waals surface area contributed by atoms with E-state index in [1.165, 1.54) is 14.0 Å². The Morgan fingerprint density at radius 1 is 1.04 bits per heavy atom. The fraction of sp³-hybridized carbons (Fsp3) is 0.167. The van der Waals surface area contributed by atoms with Crippen LogP contribution in [0.3, 0.4) is 0 Å². The molecule has 25 heavy (non-hydrogen) atoms. The third-order valence-corrected chi connectivity index (χ3v) is 3.23. The van der Waals surface area contributed by atoms with Crippen LogP contribution in [0.25, 0.3) is 0 Å². The van der Waals surface area contributed by atoms with Gasteiger partial charge in [-0.25, -0.2) is 0 Å². The fourth-order valence-corrected chi connectivity index (χ4v) is 2.10. The predicted molar refractivity (Wildman–Crippen MR) is 82.3 cm³/mol. The Bertz CT molecular complexity index is 884. The van der Waals surface area contributed by atoms with Gasteiger partial charge in [-0.1, -0.05) is 0 Å². The van der Waals surface area contributed by atoms with Gasteiger partial charge >= 0.3 is 5.69 Å². The summed E-state index contributed by atoms with van der Waals surface area (Å²) in [7, 11) is 1.37. The number of aryl methyl sites for hydroxylation is 1. The lowest BCUT2D eigenvalue weighted by Gasteiger charge is -2.05. The molecule has 130 valence electrons. The van der Waals surface area contributed by atoms with Crippen molar-refractivity contribution in [3.63, 3.8) is 0 Å². The number of nitrogens with zero attached hydrogens (tertiary/aromatic N) is 5. The third-order valence-electron chi connectivity index (χ3n) is 3.23. The standard InChI is InChI=1S/C12H10N6O7/c1-6-8(16(20)21)3-7(4-9(6)17(22)23)13-12(19)11-10(18(24)25)5-15(2)14-11/h3-5H,1-2H3,(H,13,19). The maximum absolute atomic E-state index is 12.2. The number of nitro benzene ring substituents is 2. The Balaban J connectivity index is 2.47. The lowest BCUT2D eigenvalue weighted by molar-refractivity contribution is -0.395. The monoisotopic (exact) mass is 350 g/mol. The number of hydrogen-bond donors (Lipinski definition) is 1. The molecule has 0 aliphatic rings. The van der Waals surface area contributed by atoms with E-state index in [-0.39, 0.29) is 11.3 Å². The highest BCUT2D eigenvalue weighted by atomic mass is 16.6. The normalized spacial score (nSPS) is 10.3. The summed E-state index contributed by atoms with van der Waals surface area (Å²) in [5.41, 5.74) is -2.68. The molecule has 0 atom stereocenters. The lowest BCUT2D eigenvalue weighted by Crippen LogP contribution is -2.15. The second-order valence-electron chi connectivity index (χ2n) is 4.90. The second kappa shape index (κ2) is 6.31. The first kappa shape index (κ1) is 17.5. The van der Waals surface area contributed by atoms with Gasteiger partial charge in [-0.3, -0.25) is 39.8 Å². The maximum Gasteiger partial charge on any atom is 0.320 e. The predicted octanol–water partition coefficient (Wildman–Crippen LogP) is 1.71. The molecule has 0 saturated carbocycles. The highest BCUT2D eigenvalue weighted by molar-refractivity contribution is 6.05. The molecule has 13 heteroatoms. The van der Waals surface area contributed by atoms with Gasteiger partial charge in [0, 0.05) is 19.2 Å². The molecule has 1 aromatic carbocycles. The summed E-state index contributed by atoms with van der Waals surface area (Å²) >= 11 is 0. The van der Waals surface area contributed by atoms with E-state index >= 15 is 0 Å². The highest BCUT2D eigenvalue weighted by Gasteiger charge is 2.27. The Labute approximate surface area is 138 Å². The largest absolute Gasteiger partial charge is 0.320 e. The number of hydrogen-bond acceptors (Lipinski definition) is 8. The molecule has 2 rings (SSSR count). The molecule has 0 fully saturated rings. The zero-order chi connectivity index (χ0) is 18.9. The number of carbonyl (C=O) groups is 1. The Kier molecular flexibility index (Phi) is 4.40. The van der Waals surface area contributed by atoms with Crippen molar-refractivity contribution >= 4 is 28.7 Å². The molecule has 0 aliphatic heterocycles. The number of amides is 1. The summed E-state index contributed by atoms with van der Waals surface area (Å²) in [5, 5.41) is 38.8. The minimum atomic E-state index is -1.03. The van der Waals surface area contributed by atoms with Crippen LogP contribution in [-0.2, 0) is 7.05 Å². The molecule has 0 unspecified atom stereocenters. The molecule has 2 aromatic rings. The molecule has 13 nitrogen and oxygen atoms in total. The molecule has 1 aromatic heterocycles. The van der Waals surface area contributed by atoms with Gasteiger partial charge in [-0.2, -0.15) is 5.10 Å². The molecular weight excluding hydrogens is 340 g/mol. The van der Waals surface area contributed by atoms with Crippen LogP contribution >= 0.6 is 0 Å². The summed E-state index contributed by atoms with van der Waals surface area (Å²) in [6.07, 6.45) is 1.01. The van der Waals surface area contributed by atoms with E-state index in [9.17, 15) is 35.1 Å². The van der Waals surface area contributed by atoms with Gasteiger partial charge in [0.25, 0.3) is 17.3 Å². The summed E-state index contributed by atoms with van der Waals surface area (Å²) in [6, 6.07) is 1.85. The van der Waals surface area contributed by atoms with E-state index in [1.54, 1.807) is 0 Å². The fourth-order valence-electron chi connectivity index (χ4n) is 2.10. The van der Waals surface area contributed by atoms with Gasteiger partial charge in [0.05, 0.1) is 20.5 Å². The minimum absolute atomic E-state index is 0.184. The van der Waals surface area contributed by atoms with Crippen LogP contribution in [0.5, 0.6) is 0 Å². The van der Waals surface area contributed by atoms with E-state index < -0.39 is 43.4 Å². The van der Waals surface area contributed by atoms with Gasteiger partial charge in [0.1, 0.15) is 11.8 Å². The van der Waals surface area contributed by atoms with Crippen LogP contribution in [0.1, 0.15) is 16.1 Å². The van der Waals surface area contributed by atoms with Crippen molar-refractivity contribution in [2.24, 2.45) is 7.05 Å². The lowest BCUT2D eigenvalue weighted by atomic mass is 10.1. The smallest absolute Gasteiger partial charge is 0.320 e. The molecule has 0 bridgehead atoms. The molecule has 0 spiro atoms. The van der Waals surface area contributed by atoms with E-state index in [0.29, 0.717) is 0 Å². The first-order chi connectivity index (χ1) is 11.6. The van der Waals surface area contributed by atoms with Crippen LogP contribution in [0, 0.1) is 37.3 Å². The average molecular weight is 350 g/mol. The van der Waals surface area contributed by atoms with Gasteiger partial charge in [-0.05, 0) is 6.92 Å². The van der Waals surface area contributed by atoms with Gasteiger partial charge < -0.3 is 5.32 Å². The molecule has 0 saturated heterocycles. The molecule has 1 heterocycles. The van der Waals surface area contributed by atoms with Crippen molar-refractivity contribution in [3.8, 4) is 0 Å². The topological polar surface area (TPSA) is 176 Å². The number of nitrogens with one attached hydrogen (secondary N) is 1. The van der Waals surface area contributed by atoms with Crippen molar-refractivity contribution in [2.45, 2.75) is 6.92 Å². The number of benzene rings is 1. The van der Waals surface area contributed by atoms with Crippen LogP contribution < -0.4 is 5.32 Å². The second-order valence-corrected chi connectivity index (χ2v) is 4.90. The Morgan fingerprint density at radius 2 is 1.52 bits per heavy atom. The number of aromatic nitrogens is 2. The number of anilines is 1. The van der Waals surface area contributed by atoms with Gasteiger partial charge in [0.15, 0.2) is 0 Å². The minimum Gasteiger partial charge on any atom is -0.320 e. The molecule has 0 radical (unpaired) electrons. The SMILES string of the molecule is Cc1c([N+](=O)[O-])cc(NC(=O)c2nn(C)cc2[N+](=O)[O-])cc1[N+](=O)[O-]. The van der Waals surface area contributed by atoms with E-state index in [0.717, 1.165) is 23.0 Å². The zero-order valence-corrected chi connectivity index (χ0v) is 12.8. The zero-order valence-electron chi connectivity index (χ0n) is 12.8. The van der Waals surface area contributed by atoms with Crippen LogP contribution in [-0.4, -0.2) is 30.5 Å². The Hall–Kier alpha value is -3.90. The quantitative estimate of drug-likeness (QED) is 0.625. The van der Waals surface area contributed by atoms with Crippen molar-refractivity contribution in [1.29, 1.82) is 0 Å². The van der Waals surface area contributed by atoms with Crippen LogP contribution in [0.4, 0.5) is 22.7 Å². The summed E-state index contributed by atoms with van der Waals surface area (Å²) < 4.78 is 1.05. The molecule has 0 aliphatic carbocycles. The molecule has 1 N–H and O–H groups in total. The summed E-state index contributed by atoms with van der Waals surface area (Å²) in [6.45, 7) is 1.20. The third kappa shape index (κ3) is 3.39. The maximum atomic E-state index is 12.2. The van der Waals surface area contributed by atoms with E-state index in [1.807, 2.05) is 0 Å². The van der Waals surface area contributed by atoms with E-state index in [4.69, 9.17) is 0 Å². The number of nitro groups is 3.